The van der Waals surface area contributed by atoms with Crippen LogP contribution < -0.4 is 10.5 Å². The number of benzene rings is 2. The smallest absolute Gasteiger partial charge is 0.320 e. The maximum Gasteiger partial charge on any atom is 0.376 e. The Hall–Kier alpha value is -3.22. The Bertz CT molecular complexity index is 931. The molecule has 0 saturated heterocycles. The molecule has 7 heteroatoms. The van der Waals surface area contributed by atoms with Gasteiger partial charge in [-0.15, -0.1) is 0 Å². The lowest BCUT2D eigenvalue weighted by atomic mass is 10.1. The SMILES string of the molecule is CCN(c1nc[nH]c(=O)c1[N+](=O)[O-])c1cccc2ccccc12. The van der Waals surface area contributed by atoms with Crippen molar-refractivity contribution in [2.45, 2.75) is 6.92 Å². The molecule has 0 unspecified atom stereocenters. The predicted molar refractivity (Wildman–Crippen MR) is 88.1 cm³/mol. The van der Waals surface area contributed by atoms with Gasteiger partial charge in [0.25, 0.3) is 0 Å². The summed E-state index contributed by atoms with van der Waals surface area (Å²) in [5.41, 5.74) is -0.548. The van der Waals surface area contributed by atoms with Gasteiger partial charge in [0.2, 0.25) is 5.82 Å². The molecule has 116 valence electrons. The van der Waals surface area contributed by atoms with Crippen molar-refractivity contribution in [3.8, 4) is 0 Å². The molecule has 0 atom stereocenters. The second-order valence-corrected chi connectivity index (χ2v) is 4.90. The van der Waals surface area contributed by atoms with E-state index in [4.69, 9.17) is 0 Å². The van der Waals surface area contributed by atoms with E-state index in [1.54, 1.807) is 4.90 Å². The van der Waals surface area contributed by atoms with Gasteiger partial charge in [-0.25, -0.2) is 4.98 Å². The van der Waals surface area contributed by atoms with E-state index in [0.717, 1.165) is 16.5 Å². The van der Waals surface area contributed by atoms with E-state index in [2.05, 4.69) is 9.97 Å². The normalized spacial score (nSPS) is 10.7. The summed E-state index contributed by atoms with van der Waals surface area (Å²) in [6.45, 7) is 2.29. The molecule has 7 nitrogen and oxygen atoms in total. The highest BCUT2D eigenvalue weighted by Gasteiger charge is 2.26. The van der Waals surface area contributed by atoms with Gasteiger partial charge in [0.05, 0.1) is 16.9 Å². The van der Waals surface area contributed by atoms with E-state index < -0.39 is 16.2 Å². The Kier molecular flexibility index (Phi) is 3.76. The van der Waals surface area contributed by atoms with Gasteiger partial charge in [0, 0.05) is 11.9 Å². The van der Waals surface area contributed by atoms with Crippen molar-refractivity contribution >= 4 is 28.0 Å². The molecule has 3 rings (SSSR count). The molecular weight excluding hydrogens is 296 g/mol. The maximum atomic E-state index is 11.8. The fourth-order valence-corrected chi connectivity index (χ4v) is 2.62. The van der Waals surface area contributed by atoms with Crippen LogP contribution in [0.25, 0.3) is 10.8 Å². The molecule has 0 spiro atoms. The van der Waals surface area contributed by atoms with E-state index in [-0.39, 0.29) is 5.82 Å². The minimum Gasteiger partial charge on any atom is -0.320 e. The highest BCUT2D eigenvalue weighted by molar-refractivity contribution is 5.96. The summed E-state index contributed by atoms with van der Waals surface area (Å²) < 4.78 is 0. The van der Waals surface area contributed by atoms with Gasteiger partial charge in [-0.05, 0) is 18.4 Å². The van der Waals surface area contributed by atoms with Crippen LogP contribution in [-0.2, 0) is 0 Å². The lowest BCUT2D eigenvalue weighted by Crippen LogP contribution is -2.23. The van der Waals surface area contributed by atoms with Crippen molar-refractivity contribution in [1.29, 1.82) is 0 Å². The summed E-state index contributed by atoms with van der Waals surface area (Å²) in [6, 6.07) is 13.4. The first-order chi connectivity index (χ1) is 11.1. The fourth-order valence-electron chi connectivity index (χ4n) is 2.62. The number of fused-ring (bicyclic) bond motifs is 1. The molecule has 3 aromatic rings. The highest BCUT2D eigenvalue weighted by Crippen LogP contribution is 2.33. The van der Waals surface area contributed by atoms with E-state index in [1.165, 1.54) is 6.33 Å². The van der Waals surface area contributed by atoms with Crippen molar-refractivity contribution < 1.29 is 4.92 Å². The van der Waals surface area contributed by atoms with Crippen LogP contribution in [0.5, 0.6) is 0 Å². The molecule has 0 fully saturated rings. The Morgan fingerprint density at radius 1 is 1.22 bits per heavy atom. The van der Waals surface area contributed by atoms with Crippen LogP contribution in [0, 0.1) is 10.1 Å². The standard InChI is InChI=1S/C16H14N4O3/c1-2-19(15-14(20(22)23)16(21)18-10-17-15)13-9-5-7-11-6-3-4-8-12(11)13/h3-10H,2H2,1H3,(H,17,18,21). The number of rotatable bonds is 4. The zero-order chi connectivity index (χ0) is 16.4. The summed E-state index contributed by atoms with van der Waals surface area (Å²) in [6.07, 6.45) is 1.18. The van der Waals surface area contributed by atoms with Gasteiger partial charge in [-0.1, -0.05) is 36.4 Å². The monoisotopic (exact) mass is 310 g/mol. The van der Waals surface area contributed by atoms with Crippen LogP contribution in [-0.4, -0.2) is 21.4 Å². The van der Waals surface area contributed by atoms with Crippen LogP contribution in [0.4, 0.5) is 17.2 Å². The number of nitrogens with one attached hydrogen (secondary N) is 1. The van der Waals surface area contributed by atoms with E-state index >= 15 is 0 Å². The molecule has 2 aromatic carbocycles. The van der Waals surface area contributed by atoms with E-state index in [9.17, 15) is 14.9 Å². The first-order valence-electron chi connectivity index (χ1n) is 7.11. The molecule has 0 aliphatic heterocycles. The van der Waals surface area contributed by atoms with Gasteiger partial charge >= 0.3 is 11.2 Å². The van der Waals surface area contributed by atoms with Gasteiger partial charge in [-0.3, -0.25) is 14.9 Å². The lowest BCUT2D eigenvalue weighted by molar-refractivity contribution is -0.385. The van der Waals surface area contributed by atoms with Gasteiger partial charge < -0.3 is 9.88 Å². The highest BCUT2D eigenvalue weighted by atomic mass is 16.6. The predicted octanol–water partition coefficient (Wildman–Crippen LogP) is 2.99. The molecule has 0 aliphatic rings. The second-order valence-electron chi connectivity index (χ2n) is 4.90. The average molecular weight is 310 g/mol. The van der Waals surface area contributed by atoms with Gasteiger partial charge in [0.15, 0.2) is 0 Å². The molecule has 1 aromatic heterocycles. The van der Waals surface area contributed by atoms with Crippen molar-refractivity contribution in [2.24, 2.45) is 0 Å². The second kappa shape index (κ2) is 5.88. The summed E-state index contributed by atoms with van der Waals surface area (Å²) in [4.78, 5) is 30.4. The zero-order valence-corrected chi connectivity index (χ0v) is 12.4. The molecule has 1 N–H and O–H groups in total. The molecule has 23 heavy (non-hydrogen) atoms. The first-order valence-corrected chi connectivity index (χ1v) is 7.11. The Balaban J connectivity index is 2.27. The molecule has 1 heterocycles. The summed E-state index contributed by atoms with van der Waals surface area (Å²) in [7, 11) is 0. The largest absolute Gasteiger partial charge is 0.376 e. The van der Waals surface area contributed by atoms with Gasteiger partial charge in [0.1, 0.15) is 0 Å². The fraction of sp³-hybridized carbons (Fsp3) is 0.125. The third-order valence-corrected chi connectivity index (χ3v) is 3.62. The Morgan fingerprint density at radius 2 is 1.96 bits per heavy atom. The summed E-state index contributed by atoms with van der Waals surface area (Å²) in [5.74, 6) is 0.0394. The number of aromatic amines is 1. The number of hydrogen-bond acceptors (Lipinski definition) is 5. The molecule has 0 amide bonds. The molecule has 0 bridgehead atoms. The number of aromatic nitrogens is 2. The van der Waals surface area contributed by atoms with Crippen LogP contribution in [0.15, 0.2) is 53.6 Å². The summed E-state index contributed by atoms with van der Waals surface area (Å²) >= 11 is 0. The van der Waals surface area contributed by atoms with Crippen LogP contribution >= 0.6 is 0 Å². The lowest BCUT2D eigenvalue weighted by Gasteiger charge is -2.23. The van der Waals surface area contributed by atoms with Crippen molar-refractivity contribution in [1.82, 2.24) is 9.97 Å². The van der Waals surface area contributed by atoms with E-state index in [0.29, 0.717) is 6.54 Å². The Morgan fingerprint density at radius 3 is 2.70 bits per heavy atom. The number of anilines is 2. The van der Waals surface area contributed by atoms with Crippen molar-refractivity contribution in [3.05, 3.63) is 69.3 Å². The van der Waals surface area contributed by atoms with Gasteiger partial charge in [-0.2, -0.15) is 0 Å². The third kappa shape index (κ3) is 2.52. The molecular formula is C16H14N4O3. The number of nitrogens with zero attached hydrogens (tertiary/aromatic N) is 3. The van der Waals surface area contributed by atoms with Crippen LogP contribution in [0.1, 0.15) is 6.92 Å². The maximum absolute atomic E-state index is 11.8. The number of H-pyrrole nitrogens is 1. The quantitative estimate of drug-likeness (QED) is 0.590. The van der Waals surface area contributed by atoms with Crippen LogP contribution in [0.3, 0.4) is 0 Å². The number of nitro groups is 1. The minimum absolute atomic E-state index is 0.0394. The first kappa shape index (κ1) is 14.7. The molecule has 0 aliphatic carbocycles. The van der Waals surface area contributed by atoms with Crippen molar-refractivity contribution in [3.63, 3.8) is 0 Å². The Labute approximate surface area is 131 Å². The molecule has 0 radical (unpaired) electrons. The summed E-state index contributed by atoms with van der Waals surface area (Å²) in [5, 5.41) is 13.2. The third-order valence-electron chi connectivity index (χ3n) is 3.62. The minimum atomic E-state index is -0.765. The topological polar surface area (TPSA) is 92.1 Å². The number of hydrogen-bond donors (Lipinski definition) is 1. The molecule has 0 saturated carbocycles. The zero-order valence-electron chi connectivity index (χ0n) is 12.4. The average Bonchev–Trinajstić information content (AvgIpc) is 2.55. The van der Waals surface area contributed by atoms with Crippen molar-refractivity contribution in [2.75, 3.05) is 11.4 Å². The van der Waals surface area contributed by atoms with Crippen LogP contribution in [0.2, 0.25) is 0 Å². The van der Waals surface area contributed by atoms with E-state index in [1.807, 2.05) is 49.4 Å².